The van der Waals surface area contributed by atoms with Crippen LogP contribution in [0.1, 0.15) is 18.2 Å². The van der Waals surface area contributed by atoms with Crippen LogP contribution >= 0.6 is 27.5 Å². The topological polar surface area (TPSA) is 25.8 Å². The minimum atomic E-state index is -0.337. The normalized spacial score (nSPS) is 10.7. The molecule has 0 N–H and O–H groups in total. The zero-order valence-corrected chi connectivity index (χ0v) is 12.3. The summed E-state index contributed by atoms with van der Waals surface area (Å²) in [7, 11) is 0. The van der Waals surface area contributed by atoms with Gasteiger partial charge in [-0.3, -0.25) is 0 Å². The van der Waals surface area contributed by atoms with Crippen molar-refractivity contribution in [2.24, 2.45) is 0 Å². The van der Waals surface area contributed by atoms with Gasteiger partial charge in [0.2, 0.25) is 0 Å². The zero-order chi connectivity index (χ0) is 13.3. The van der Waals surface area contributed by atoms with Crippen molar-refractivity contribution in [2.75, 3.05) is 0 Å². The summed E-state index contributed by atoms with van der Waals surface area (Å²) < 4.78 is 14.0. The molecule has 18 heavy (non-hydrogen) atoms. The highest BCUT2D eigenvalue weighted by Gasteiger charge is 2.11. The average Bonchev–Trinajstić information content (AvgIpc) is 2.27. The molecule has 2 nitrogen and oxygen atoms in total. The first kappa shape index (κ1) is 13.4. The smallest absolute Gasteiger partial charge is 0.161 e. The van der Waals surface area contributed by atoms with Crippen LogP contribution in [-0.2, 0) is 6.42 Å². The Bertz CT molecular complexity index is 558. The number of hydrogen-bond acceptors (Lipinski definition) is 2. The van der Waals surface area contributed by atoms with Gasteiger partial charge in [0.05, 0.1) is 0 Å². The molecule has 1 aromatic carbocycles. The number of rotatable bonds is 2. The van der Waals surface area contributed by atoms with Gasteiger partial charge in [-0.2, -0.15) is 0 Å². The lowest BCUT2D eigenvalue weighted by atomic mass is 10.1. The van der Waals surface area contributed by atoms with E-state index in [0.717, 1.165) is 17.7 Å². The summed E-state index contributed by atoms with van der Waals surface area (Å²) in [6.07, 6.45) is 0.776. The Balaban J connectivity index is 2.58. The number of benzene rings is 1. The maximum absolute atomic E-state index is 13.3. The SMILES string of the molecule is CCc1c(C)nc(-c2cc(F)cc(Br)c2)nc1Cl. The van der Waals surface area contributed by atoms with Gasteiger partial charge in [-0.25, -0.2) is 14.4 Å². The number of aromatic nitrogens is 2. The van der Waals surface area contributed by atoms with Crippen molar-refractivity contribution in [1.29, 1.82) is 0 Å². The fourth-order valence-corrected chi connectivity index (χ4v) is 2.59. The Morgan fingerprint density at radius 3 is 2.56 bits per heavy atom. The molecule has 0 bridgehead atoms. The first-order valence-corrected chi connectivity index (χ1v) is 6.68. The van der Waals surface area contributed by atoms with E-state index >= 15 is 0 Å². The molecule has 0 aliphatic rings. The van der Waals surface area contributed by atoms with Crippen molar-refractivity contribution in [1.82, 2.24) is 9.97 Å². The van der Waals surface area contributed by atoms with Gasteiger partial charge in [0.1, 0.15) is 11.0 Å². The Kier molecular flexibility index (Phi) is 3.97. The van der Waals surface area contributed by atoms with Gasteiger partial charge >= 0.3 is 0 Å². The molecular weight excluding hydrogens is 319 g/mol. The van der Waals surface area contributed by atoms with E-state index in [1.165, 1.54) is 12.1 Å². The van der Waals surface area contributed by atoms with E-state index < -0.39 is 0 Å². The van der Waals surface area contributed by atoms with Crippen molar-refractivity contribution >= 4 is 27.5 Å². The van der Waals surface area contributed by atoms with Crippen LogP contribution in [0.5, 0.6) is 0 Å². The van der Waals surface area contributed by atoms with Crippen LogP contribution in [0.25, 0.3) is 11.4 Å². The van der Waals surface area contributed by atoms with Crippen LogP contribution in [-0.4, -0.2) is 9.97 Å². The Labute approximate surface area is 118 Å². The first-order valence-electron chi connectivity index (χ1n) is 5.50. The molecule has 0 amide bonds. The molecule has 0 aliphatic heterocycles. The first-order chi connectivity index (χ1) is 8.51. The number of nitrogens with zero attached hydrogens (tertiary/aromatic N) is 2. The van der Waals surface area contributed by atoms with Gasteiger partial charge in [0.15, 0.2) is 5.82 Å². The maximum atomic E-state index is 13.3. The molecule has 0 radical (unpaired) electrons. The number of aryl methyl sites for hydroxylation is 1. The lowest BCUT2D eigenvalue weighted by Crippen LogP contribution is -1.99. The molecular formula is C13H11BrClFN2. The third kappa shape index (κ3) is 2.70. The van der Waals surface area contributed by atoms with E-state index in [1.807, 2.05) is 13.8 Å². The summed E-state index contributed by atoms with van der Waals surface area (Å²) in [5, 5.41) is 0.431. The molecule has 1 aromatic heterocycles. The molecule has 2 aromatic rings. The lowest BCUT2D eigenvalue weighted by Gasteiger charge is -2.08. The molecule has 2 rings (SSSR count). The largest absolute Gasteiger partial charge is 0.233 e. The maximum Gasteiger partial charge on any atom is 0.161 e. The molecule has 0 saturated carbocycles. The molecule has 0 fully saturated rings. The molecule has 0 unspecified atom stereocenters. The van der Waals surface area contributed by atoms with E-state index in [2.05, 4.69) is 25.9 Å². The van der Waals surface area contributed by atoms with Crippen LogP contribution in [0.2, 0.25) is 5.15 Å². The standard InChI is InChI=1S/C13H11BrClFN2/c1-3-11-7(2)17-13(18-12(11)15)8-4-9(14)6-10(16)5-8/h4-6H,3H2,1-2H3. The van der Waals surface area contributed by atoms with Crippen molar-refractivity contribution in [3.63, 3.8) is 0 Å². The van der Waals surface area contributed by atoms with Gasteiger partial charge in [0.25, 0.3) is 0 Å². The van der Waals surface area contributed by atoms with Crippen molar-refractivity contribution in [3.8, 4) is 11.4 Å². The van der Waals surface area contributed by atoms with Gasteiger partial charge in [-0.05, 0) is 31.5 Å². The van der Waals surface area contributed by atoms with Gasteiger partial charge in [-0.1, -0.05) is 34.5 Å². The summed E-state index contributed by atoms with van der Waals surface area (Å²) in [5.74, 6) is 0.103. The Hall–Kier alpha value is -1.00. The monoisotopic (exact) mass is 328 g/mol. The highest BCUT2D eigenvalue weighted by molar-refractivity contribution is 9.10. The third-order valence-corrected chi connectivity index (χ3v) is 3.41. The average molecular weight is 330 g/mol. The molecule has 0 atom stereocenters. The predicted octanol–water partition coefficient (Wildman–Crippen LogP) is 4.57. The molecule has 5 heteroatoms. The molecule has 0 aliphatic carbocycles. The van der Waals surface area contributed by atoms with Gasteiger partial charge in [-0.15, -0.1) is 0 Å². The predicted molar refractivity (Wildman–Crippen MR) is 74.3 cm³/mol. The quantitative estimate of drug-likeness (QED) is 0.754. The molecule has 0 spiro atoms. The van der Waals surface area contributed by atoms with Crippen LogP contribution in [0, 0.1) is 12.7 Å². The van der Waals surface area contributed by atoms with Gasteiger partial charge < -0.3 is 0 Å². The van der Waals surface area contributed by atoms with Crippen molar-refractivity contribution in [3.05, 3.63) is 44.9 Å². The number of hydrogen-bond donors (Lipinski definition) is 0. The van der Waals surface area contributed by atoms with Crippen LogP contribution in [0.4, 0.5) is 4.39 Å². The second-order valence-electron chi connectivity index (χ2n) is 3.91. The van der Waals surface area contributed by atoms with Crippen LogP contribution in [0.3, 0.4) is 0 Å². The molecule has 1 heterocycles. The summed E-state index contributed by atoms with van der Waals surface area (Å²) >= 11 is 9.35. The fourth-order valence-electron chi connectivity index (χ4n) is 1.77. The summed E-state index contributed by atoms with van der Waals surface area (Å²) in [5.41, 5.74) is 2.36. The fraction of sp³-hybridized carbons (Fsp3) is 0.231. The highest BCUT2D eigenvalue weighted by atomic mass is 79.9. The molecule has 94 valence electrons. The van der Waals surface area contributed by atoms with E-state index in [0.29, 0.717) is 21.0 Å². The van der Waals surface area contributed by atoms with Gasteiger partial charge in [0, 0.05) is 21.3 Å². The van der Waals surface area contributed by atoms with E-state index in [9.17, 15) is 4.39 Å². The summed E-state index contributed by atoms with van der Waals surface area (Å²) in [4.78, 5) is 8.60. The molecule has 0 saturated heterocycles. The van der Waals surface area contributed by atoms with Crippen molar-refractivity contribution in [2.45, 2.75) is 20.3 Å². The Morgan fingerprint density at radius 2 is 2.00 bits per heavy atom. The lowest BCUT2D eigenvalue weighted by molar-refractivity contribution is 0.627. The summed E-state index contributed by atoms with van der Waals surface area (Å²) in [6, 6.07) is 4.54. The van der Waals surface area contributed by atoms with E-state index in [4.69, 9.17) is 11.6 Å². The number of halogens is 3. The Morgan fingerprint density at radius 1 is 1.28 bits per heavy atom. The third-order valence-electron chi connectivity index (χ3n) is 2.64. The second-order valence-corrected chi connectivity index (χ2v) is 5.19. The van der Waals surface area contributed by atoms with E-state index in [-0.39, 0.29) is 5.82 Å². The minimum absolute atomic E-state index is 0.337. The van der Waals surface area contributed by atoms with Crippen LogP contribution in [0.15, 0.2) is 22.7 Å². The van der Waals surface area contributed by atoms with Crippen molar-refractivity contribution < 1.29 is 4.39 Å². The zero-order valence-electron chi connectivity index (χ0n) is 9.97. The van der Waals surface area contributed by atoms with Crippen LogP contribution < -0.4 is 0 Å². The second kappa shape index (κ2) is 5.33. The summed E-state index contributed by atoms with van der Waals surface area (Å²) in [6.45, 7) is 3.88. The highest BCUT2D eigenvalue weighted by Crippen LogP contribution is 2.25. The minimum Gasteiger partial charge on any atom is -0.233 e. The van der Waals surface area contributed by atoms with E-state index in [1.54, 1.807) is 6.07 Å².